The van der Waals surface area contributed by atoms with Crippen LogP contribution in [0.3, 0.4) is 0 Å². The molecule has 7 heteroatoms. The van der Waals surface area contributed by atoms with Gasteiger partial charge in [-0.2, -0.15) is 5.10 Å². The van der Waals surface area contributed by atoms with Crippen molar-refractivity contribution in [1.29, 1.82) is 0 Å². The van der Waals surface area contributed by atoms with Crippen molar-refractivity contribution < 1.29 is 18.7 Å². The third-order valence-electron chi connectivity index (χ3n) is 4.51. The molecule has 1 atom stereocenters. The summed E-state index contributed by atoms with van der Waals surface area (Å²) in [5, 5.41) is 4.08. The number of para-hydroxylation sites is 1. The van der Waals surface area contributed by atoms with Gasteiger partial charge >= 0.3 is 0 Å². The maximum atomic E-state index is 13.6. The average molecular weight is 383 g/mol. The fourth-order valence-electron chi connectivity index (χ4n) is 2.88. The van der Waals surface area contributed by atoms with Crippen molar-refractivity contribution >= 4 is 23.2 Å². The molecule has 0 saturated carbocycles. The third-order valence-corrected chi connectivity index (χ3v) is 4.51. The van der Waals surface area contributed by atoms with E-state index in [1.807, 2.05) is 24.3 Å². The molecule has 2 aromatic carbocycles. The smallest absolute Gasteiger partial charge is 0.280 e. The van der Waals surface area contributed by atoms with Gasteiger partial charge in [-0.15, -0.1) is 0 Å². The van der Waals surface area contributed by atoms with E-state index in [1.54, 1.807) is 24.0 Å². The fraction of sp³-hybridized carbons (Fsp3) is 0.286. The van der Waals surface area contributed by atoms with E-state index in [9.17, 15) is 14.0 Å². The summed E-state index contributed by atoms with van der Waals surface area (Å²) in [6.07, 6.45) is 0.554. The Balaban J connectivity index is 1.59. The molecule has 1 aliphatic rings. The predicted molar refractivity (Wildman–Crippen MR) is 105 cm³/mol. The lowest BCUT2D eigenvalue weighted by Crippen LogP contribution is -2.34. The monoisotopic (exact) mass is 383 g/mol. The summed E-state index contributed by atoms with van der Waals surface area (Å²) in [7, 11) is 0. The summed E-state index contributed by atoms with van der Waals surface area (Å²) >= 11 is 0. The van der Waals surface area contributed by atoms with E-state index in [0.717, 1.165) is 24.2 Å². The zero-order valence-corrected chi connectivity index (χ0v) is 15.8. The van der Waals surface area contributed by atoms with Gasteiger partial charge in [0, 0.05) is 18.7 Å². The minimum Gasteiger partial charge on any atom is -0.478 e. The molecule has 1 aliphatic heterocycles. The number of nitrogens with one attached hydrogen (secondary N) is 1. The minimum absolute atomic E-state index is 0.0119. The number of carbonyl (C=O) groups excluding carboxylic acids is 2. The van der Waals surface area contributed by atoms with E-state index >= 15 is 0 Å². The van der Waals surface area contributed by atoms with Gasteiger partial charge in [0.05, 0.1) is 5.71 Å². The zero-order valence-electron chi connectivity index (χ0n) is 15.8. The SMILES string of the molecule is C/C(=N/NC(=O)[C@@H](C)Oc1ccccc1F)c1ccc(N2CCCC2=O)cc1. The van der Waals surface area contributed by atoms with Crippen molar-refractivity contribution in [2.75, 3.05) is 11.4 Å². The van der Waals surface area contributed by atoms with Crippen molar-refractivity contribution in [3.8, 4) is 5.75 Å². The number of ether oxygens (including phenoxy) is 1. The second-order valence-corrected chi connectivity index (χ2v) is 6.56. The number of hydrogen-bond acceptors (Lipinski definition) is 4. The Labute approximate surface area is 163 Å². The zero-order chi connectivity index (χ0) is 20.1. The molecule has 1 saturated heterocycles. The summed E-state index contributed by atoms with van der Waals surface area (Å²) in [4.78, 5) is 25.7. The second-order valence-electron chi connectivity index (χ2n) is 6.56. The Morgan fingerprint density at radius 3 is 2.57 bits per heavy atom. The number of rotatable bonds is 6. The Hall–Kier alpha value is -3.22. The van der Waals surface area contributed by atoms with E-state index in [0.29, 0.717) is 12.1 Å². The quantitative estimate of drug-likeness (QED) is 0.615. The highest BCUT2D eigenvalue weighted by molar-refractivity contribution is 6.00. The molecular formula is C21H22FN3O3. The highest BCUT2D eigenvalue weighted by Gasteiger charge is 2.21. The standard InChI is InChI=1S/C21H22FN3O3/c1-14(16-9-11-17(12-10-16)25-13-5-8-20(25)26)23-24-21(27)15(2)28-19-7-4-3-6-18(19)22/h3-4,6-7,9-12,15H,5,8,13H2,1-2H3,(H,24,27)/b23-14-/t15-/m1/s1. The van der Waals surface area contributed by atoms with E-state index in [1.165, 1.54) is 19.1 Å². The van der Waals surface area contributed by atoms with Gasteiger partial charge in [0.2, 0.25) is 5.91 Å². The Morgan fingerprint density at radius 2 is 1.93 bits per heavy atom. The van der Waals surface area contributed by atoms with Crippen molar-refractivity contribution in [3.05, 3.63) is 59.9 Å². The van der Waals surface area contributed by atoms with E-state index in [4.69, 9.17) is 4.74 Å². The lowest BCUT2D eigenvalue weighted by molar-refractivity contribution is -0.127. The normalized spacial score (nSPS) is 15.5. The van der Waals surface area contributed by atoms with Crippen LogP contribution < -0.4 is 15.1 Å². The maximum absolute atomic E-state index is 13.6. The second kappa shape index (κ2) is 8.65. The molecule has 1 fully saturated rings. The van der Waals surface area contributed by atoms with Crippen LogP contribution in [0.1, 0.15) is 32.3 Å². The number of nitrogens with zero attached hydrogens (tertiary/aromatic N) is 2. The van der Waals surface area contributed by atoms with Crippen LogP contribution in [0.4, 0.5) is 10.1 Å². The van der Waals surface area contributed by atoms with Crippen molar-refractivity contribution in [3.63, 3.8) is 0 Å². The number of hydrogen-bond donors (Lipinski definition) is 1. The van der Waals surface area contributed by atoms with Crippen molar-refractivity contribution in [2.45, 2.75) is 32.8 Å². The van der Waals surface area contributed by atoms with Crippen LogP contribution in [-0.4, -0.2) is 30.2 Å². The Bertz CT molecular complexity index is 896. The molecule has 0 radical (unpaired) electrons. The van der Waals surface area contributed by atoms with Gasteiger partial charge in [-0.1, -0.05) is 24.3 Å². The lowest BCUT2D eigenvalue weighted by atomic mass is 10.1. The summed E-state index contributed by atoms with van der Waals surface area (Å²) in [5.74, 6) is -0.868. The third kappa shape index (κ3) is 4.54. The number of amides is 2. The van der Waals surface area contributed by atoms with E-state index in [2.05, 4.69) is 10.5 Å². The number of hydrazone groups is 1. The molecule has 146 valence electrons. The molecule has 0 aromatic heterocycles. The molecule has 0 bridgehead atoms. The molecule has 28 heavy (non-hydrogen) atoms. The van der Waals surface area contributed by atoms with Crippen LogP contribution in [-0.2, 0) is 9.59 Å². The molecule has 0 unspecified atom stereocenters. The van der Waals surface area contributed by atoms with Crippen LogP contribution in [0.2, 0.25) is 0 Å². The molecule has 0 aliphatic carbocycles. The van der Waals surface area contributed by atoms with Gasteiger partial charge in [-0.3, -0.25) is 9.59 Å². The molecule has 2 amide bonds. The summed E-state index contributed by atoms with van der Waals surface area (Å²) in [5.41, 5.74) is 4.71. The maximum Gasteiger partial charge on any atom is 0.280 e. The topological polar surface area (TPSA) is 71.0 Å². The van der Waals surface area contributed by atoms with Crippen LogP contribution >= 0.6 is 0 Å². The van der Waals surface area contributed by atoms with Gasteiger partial charge in [-0.05, 0) is 50.1 Å². The number of carbonyl (C=O) groups is 2. The number of anilines is 1. The molecule has 1 heterocycles. The highest BCUT2D eigenvalue weighted by atomic mass is 19.1. The number of benzene rings is 2. The minimum atomic E-state index is -0.906. The van der Waals surface area contributed by atoms with Crippen molar-refractivity contribution in [2.24, 2.45) is 5.10 Å². The van der Waals surface area contributed by atoms with Gasteiger partial charge < -0.3 is 9.64 Å². The van der Waals surface area contributed by atoms with Crippen LogP contribution in [0.5, 0.6) is 5.75 Å². The molecule has 0 spiro atoms. The molecule has 2 aromatic rings. The Morgan fingerprint density at radius 1 is 1.21 bits per heavy atom. The molecular weight excluding hydrogens is 361 g/mol. The fourth-order valence-corrected chi connectivity index (χ4v) is 2.88. The molecule has 1 N–H and O–H groups in total. The summed E-state index contributed by atoms with van der Waals surface area (Å²) in [6, 6.07) is 13.3. The molecule has 3 rings (SSSR count). The summed E-state index contributed by atoms with van der Waals surface area (Å²) < 4.78 is 18.9. The first-order chi connectivity index (χ1) is 13.5. The largest absolute Gasteiger partial charge is 0.478 e. The molecule has 6 nitrogen and oxygen atoms in total. The van der Waals surface area contributed by atoms with Gasteiger partial charge in [0.25, 0.3) is 5.91 Å². The van der Waals surface area contributed by atoms with Crippen LogP contribution in [0.15, 0.2) is 53.6 Å². The predicted octanol–water partition coefficient (Wildman–Crippen LogP) is 3.26. The van der Waals surface area contributed by atoms with E-state index < -0.39 is 17.8 Å². The van der Waals surface area contributed by atoms with Gasteiger partial charge in [0.1, 0.15) is 0 Å². The van der Waals surface area contributed by atoms with E-state index in [-0.39, 0.29) is 11.7 Å². The van der Waals surface area contributed by atoms with Crippen molar-refractivity contribution in [1.82, 2.24) is 5.43 Å². The first-order valence-electron chi connectivity index (χ1n) is 9.12. The first kappa shape index (κ1) is 19.5. The van der Waals surface area contributed by atoms with Gasteiger partial charge in [-0.25, -0.2) is 9.82 Å². The average Bonchev–Trinajstić information content (AvgIpc) is 3.13. The first-order valence-corrected chi connectivity index (χ1v) is 9.12. The van der Waals surface area contributed by atoms with Crippen LogP contribution in [0.25, 0.3) is 0 Å². The highest BCUT2D eigenvalue weighted by Crippen LogP contribution is 2.22. The number of halogens is 1. The van der Waals surface area contributed by atoms with Gasteiger partial charge in [0.15, 0.2) is 17.7 Å². The van der Waals surface area contributed by atoms with Crippen LogP contribution in [0, 0.1) is 5.82 Å². The Kier molecular flexibility index (Phi) is 6.03. The summed E-state index contributed by atoms with van der Waals surface area (Å²) in [6.45, 7) is 4.02. The lowest BCUT2D eigenvalue weighted by Gasteiger charge is -2.16.